The number of fused-ring (bicyclic) bond motifs is 1. The molecule has 2 heterocycles. The van der Waals surface area contributed by atoms with Crippen LogP contribution in [0.2, 0.25) is 0 Å². The third kappa shape index (κ3) is 3.99. The fourth-order valence-corrected chi connectivity index (χ4v) is 4.40. The van der Waals surface area contributed by atoms with Gasteiger partial charge in [-0.3, -0.25) is 19.7 Å². The molecular formula is C21H17BrN4O3S. The molecule has 0 atom stereocenters. The zero-order valence-electron chi connectivity index (χ0n) is 16.2. The highest BCUT2D eigenvalue weighted by Gasteiger charge is 2.22. The highest BCUT2D eigenvalue weighted by atomic mass is 79.9. The summed E-state index contributed by atoms with van der Waals surface area (Å²) in [6.07, 6.45) is -0.0791. The number of esters is 1. The normalized spacial score (nSPS) is 11.8. The molecule has 0 aliphatic heterocycles. The Morgan fingerprint density at radius 2 is 2.07 bits per heavy atom. The summed E-state index contributed by atoms with van der Waals surface area (Å²) in [5.74, 6) is -0.454. The Kier molecular flexibility index (Phi) is 5.65. The van der Waals surface area contributed by atoms with E-state index < -0.39 is 5.97 Å². The fourth-order valence-electron chi connectivity index (χ4n) is 3.09. The van der Waals surface area contributed by atoms with Crippen LogP contribution in [0.25, 0.3) is 15.3 Å². The number of methoxy groups -OCH3 is 1. The van der Waals surface area contributed by atoms with E-state index in [1.165, 1.54) is 23.1 Å². The maximum Gasteiger partial charge on any atom is 0.311 e. The molecule has 9 heteroatoms. The van der Waals surface area contributed by atoms with Gasteiger partial charge in [0.25, 0.3) is 5.56 Å². The van der Waals surface area contributed by atoms with Gasteiger partial charge in [-0.25, -0.2) is 4.98 Å². The Balaban J connectivity index is 1.85. The van der Waals surface area contributed by atoms with Gasteiger partial charge in [0.15, 0.2) is 0 Å². The highest BCUT2D eigenvalue weighted by Crippen LogP contribution is 2.24. The third-order valence-corrected chi connectivity index (χ3v) is 5.97. The molecule has 0 spiro atoms. The van der Waals surface area contributed by atoms with Gasteiger partial charge >= 0.3 is 5.97 Å². The van der Waals surface area contributed by atoms with Crippen molar-refractivity contribution in [1.29, 1.82) is 0 Å². The predicted octanol–water partition coefficient (Wildman–Crippen LogP) is 4.39. The Hall–Kier alpha value is -3.04. The number of benzene rings is 2. The third-order valence-electron chi connectivity index (χ3n) is 4.45. The summed E-state index contributed by atoms with van der Waals surface area (Å²) in [6, 6.07) is 15.1. The topological polar surface area (TPSA) is 89.3 Å². The average molecular weight is 485 g/mol. The number of hydrogen-bond donors (Lipinski definition) is 1. The van der Waals surface area contributed by atoms with E-state index in [2.05, 4.69) is 31.0 Å². The van der Waals surface area contributed by atoms with Crippen LogP contribution in [-0.2, 0) is 16.0 Å². The summed E-state index contributed by atoms with van der Waals surface area (Å²) in [5.41, 5.74) is 2.44. The highest BCUT2D eigenvalue weighted by molar-refractivity contribution is 9.10. The van der Waals surface area contributed by atoms with Gasteiger partial charge in [0, 0.05) is 4.47 Å². The number of aromatic nitrogens is 3. The Bertz CT molecular complexity index is 1300. The number of carbonyl (C=O) groups excluding carboxylic acids is 1. The molecule has 30 heavy (non-hydrogen) atoms. The van der Waals surface area contributed by atoms with Crippen molar-refractivity contribution < 1.29 is 9.53 Å². The largest absolute Gasteiger partial charge is 0.469 e. The summed E-state index contributed by atoms with van der Waals surface area (Å²) >= 11 is 4.81. The van der Waals surface area contributed by atoms with E-state index in [-0.39, 0.29) is 12.0 Å². The van der Waals surface area contributed by atoms with Crippen molar-refractivity contribution in [2.75, 3.05) is 7.11 Å². The first-order valence-electron chi connectivity index (χ1n) is 9.04. The molecule has 0 amide bonds. The minimum atomic E-state index is -0.454. The molecule has 0 unspecified atom stereocenters. The second-order valence-corrected chi connectivity index (χ2v) is 8.42. The maximum atomic E-state index is 13.3. The zero-order valence-corrected chi connectivity index (χ0v) is 18.6. The van der Waals surface area contributed by atoms with Crippen molar-refractivity contribution in [2.24, 2.45) is 4.99 Å². The summed E-state index contributed by atoms with van der Waals surface area (Å²) in [6.45, 7) is 1.74. The van der Waals surface area contributed by atoms with Crippen LogP contribution in [0.1, 0.15) is 18.2 Å². The molecule has 0 fully saturated rings. The summed E-state index contributed by atoms with van der Waals surface area (Å²) in [7, 11) is 1.31. The van der Waals surface area contributed by atoms with Crippen molar-refractivity contribution in [3.05, 3.63) is 74.6 Å². The first-order valence-corrected chi connectivity index (χ1v) is 10.6. The van der Waals surface area contributed by atoms with Crippen molar-refractivity contribution in [3.8, 4) is 5.13 Å². The van der Waals surface area contributed by atoms with Crippen LogP contribution < -0.4 is 5.56 Å². The van der Waals surface area contributed by atoms with E-state index in [0.29, 0.717) is 27.8 Å². The number of nitrogens with zero attached hydrogens (tertiary/aromatic N) is 3. The average Bonchev–Trinajstić information content (AvgIpc) is 3.28. The van der Waals surface area contributed by atoms with E-state index in [1.54, 1.807) is 6.92 Å². The van der Waals surface area contributed by atoms with Crippen LogP contribution in [0.15, 0.2) is 62.8 Å². The van der Waals surface area contributed by atoms with Crippen LogP contribution in [0.3, 0.4) is 0 Å². The molecule has 0 aliphatic rings. The molecule has 4 aromatic rings. The molecule has 1 N–H and O–H groups in total. The van der Waals surface area contributed by atoms with Gasteiger partial charge < -0.3 is 4.74 Å². The number of H-pyrrole nitrogens is 1. The monoisotopic (exact) mass is 484 g/mol. The molecule has 2 aromatic carbocycles. The van der Waals surface area contributed by atoms with E-state index in [4.69, 9.17) is 4.74 Å². The van der Waals surface area contributed by atoms with Crippen LogP contribution in [0, 0.1) is 0 Å². The number of thiazole rings is 1. The summed E-state index contributed by atoms with van der Waals surface area (Å²) in [5, 5.41) is 3.53. The van der Waals surface area contributed by atoms with Gasteiger partial charge in [0.2, 0.25) is 5.13 Å². The summed E-state index contributed by atoms with van der Waals surface area (Å²) < 4.78 is 8.00. The lowest BCUT2D eigenvalue weighted by Gasteiger charge is -2.02. The molecule has 0 saturated carbocycles. The Morgan fingerprint density at radius 1 is 1.27 bits per heavy atom. The molecule has 0 saturated heterocycles. The van der Waals surface area contributed by atoms with Crippen molar-refractivity contribution in [1.82, 2.24) is 14.8 Å². The van der Waals surface area contributed by atoms with Gasteiger partial charge in [-0.1, -0.05) is 45.5 Å². The first-order chi connectivity index (χ1) is 14.5. The van der Waals surface area contributed by atoms with Crippen LogP contribution in [0.5, 0.6) is 0 Å². The Morgan fingerprint density at radius 3 is 2.80 bits per heavy atom. The molecule has 0 radical (unpaired) electrons. The first kappa shape index (κ1) is 20.2. The number of aliphatic imine (C=N–C) groups is 1. The number of para-hydroxylation sites is 1. The minimum Gasteiger partial charge on any atom is -0.469 e. The van der Waals surface area contributed by atoms with Gasteiger partial charge in [-0.2, -0.15) is 4.68 Å². The van der Waals surface area contributed by atoms with E-state index in [1.807, 2.05) is 48.5 Å². The van der Waals surface area contributed by atoms with Crippen LogP contribution in [-0.4, -0.2) is 33.6 Å². The van der Waals surface area contributed by atoms with E-state index in [0.717, 1.165) is 14.7 Å². The van der Waals surface area contributed by atoms with Crippen molar-refractivity contribution in [3.63, 3.8) is 0 Å². The lowest BCUT2D eigenvalue weighted by atomic mass is 10.1. The van der Waals surface area contributed by atoms with Crippen molar-refractivity contribution in [2.45, 2.75) is 13.3 Å². The minimum absolute atomic E-state index is 0.0791. The lowest BCUT2D eigenvalue weighted by Crippen LogP contribution is -2.19. The van der Waals surface area contributed by atoms with Crippen molar-refractivity contribution >= 4 is 54.9 Å². The van der Waals surface area contributed by atoms with Gasteiger partial charge in [-0.15, -0.1) is 0 Å². The smallest absolute Gasteiger partial charge is 0.311 e. The molecule has 0 aliphatic carbocycles. The number of aromatic amines is 1. The molecule has 0 bridgehead atoms. The maximum absolute atomic E-state index is 13.3. The number of hydrogen-bond acceptors (Lipinski definition) is 6. The Labute approximate surface area is 184 Å². The fraction of sp³-hybridized carbons (Fsp3) is 0.143. The predicted molar refractivity (Wildman–Crippen MR) is 121 cm³/mol. The summed E-state index contributed by atoms with van der Waals surface area (Å²) in [4.78, 5) is 34.4. The quantitative estimate of drug-likeness (QED) is 0.335. The van der Waals surface area contributed by atoms with Gasteiger partial charge in [-0.05, 0) is 37.3 Å². The zero-order chi connectivity index (χ0) is 21.3. The number of carbonyl (C=O) groups is 1. The van der Waals surface area contributed by atoms with E-state index in [9.17, 15) is 9.59 Å². The second-order valence-electron chi connectivity index (χ2n) is 6.50. The lowest BCUT2D eigenvalue weighted by molar-refractivity contribution is -0.139. The van der Waals surface area contributed by atoms with E-state index >= 15 is 0 Å². The molecule has 2 aromatic heterocycles. The van der Waals surface area contributed by atoms with Gasteiger partial charge in [0.1, 0.15) is 0 Å². The molecule has 7 nitrogen and oxygen atoms in total. The molecule has 152 valence electrons. The molecular weight excluding hydrogens is 468 g/mol. The molecule has 4 rings (SSSR count). The van der Waals surface area contributed by atoms with Gasteiger partial charge in [0.05, 0.1) is 46.4 Å². The number of nitrogens with one attached hydrogen (secondary N) is 1. The number of ether oxygens (including phenoxy) is 1. The van der Waals surface area contributed by atoms with Crippen LogP contribution in [0.4, 0.5) is 5.69 Å². The number of rotatable bonds is 5. The number of halogens is 1. The SMILES string of the molecule is COC(=O)Cc1[nH]n(-c2nc3ccccc3s2)c(=O)c1C(C)=Nc1cccc(Br)c1. The standard InChI is InChI=1S/C21H17BrN4O3S/c1-12(23-14-7-5-6-13(22)10-14)19-16(11-18(27)29-2)25-26(20(19)28)21-24-15-8-3-4-9-17(15)30-21/h3-10,25H,11H2,1-2H3. The second kappa shape index (κ2) is 8.37. The van der Waals surface area contributed by atoms with Crippen LogP contribution >= 0.6 is 27.3 Å².